The quantitative estimate of drug-likeness (QED) is 0.161. The van der Waals surface area contributed by atoms with E-state index in [1.807, 2.05) is 0 Å². The van der Waals surface area contributed by atoms with Crippen LogP contribution in [0.3, 0.4) is 0 Å². The highest BCUT2D eigenvalue weighted by Gasteiger charge is 2.51. The molecule has 74 heavy (non-hydrogen) atoms. The van der Waals surface area contributed by atoms with Crippen LogP contribution in [0.1, 0.15) is 163 Å². The largest absolute Gasteiger partial charge is 0.456 e. The summed E-state index contributed by atoms with van der Waals surface area (Å²) in [5, 5.41) is 2.28. The molecule has 8 aromatic carbocycles. The molecule has 2 aliphatic heterocycles. The Labute approximate surface area is 439 Å². The summed E-state index contributed by atoms with van der Waals surface area (Å²) in [5.74, 6) is 0. The Kier molecular flexibility index (Phi) is 9.00. The summed E-state index contributed by atoms with van der Waals surface area (Å²) < 4.78 is 6.74. The molecule has 0 saturated carbocycles. The zero-order valence-electron chi connectivity index (χ0n) is 46.1. The van der Waals surface area contributed by atoms with Gasteiger partial charge in [0, 0.05) is 55.5 Å². The monoisotopic (exact) mass is 965 g/mol. The number of fused-ring (bicyclic) bond motifs is 12. The van der Waals surface area contributed by atoms with E-state index in [-0.39, 0.29) is 39.2 Å². The number of hydrogen-bond acceptors (Lipinski definition) is 3. The molecule has 9 aromatic rings. The Bertz CT molecular complexity index is 3970. The summed E-state index contributed by atoms with van der Waals surface area (Å²) in [4.78, 5) is 5.38. The molecule has 0 radical (unpaired) electrons. The van der Waals surface area contributed by atoms with Crippen molar-refractivity contribution >= 4 is 79.2 Å². The van der Waals surface area contributed by atoms with E-state index in [0.29, 0.717) is 0 Å². The van der Waals surface area contributed by atoms with E-state index in [0.717, 1.165) is 34.0 Å². The lowest BCUT2D eigenvalue weighted by Gasteiger charge is -2.50. The number of rotatable bonds is 2. The first-order chi connectivity index (χ1) is 35.0. The van der Waals surface area contributed by atoms with Crippen LogP contribution >= 0.6 is 0 Å². The summed E-state index contributed by atoms with van der Waals surface area (Å²) >= 11 is 0. The van der Waals surface area contributed by atoms with Crippen LogP contribution in [0.5, 0.6) is 0 Å². The predicted molar refractivity (Wildman–Crippen MR) is 314 cm³/mol. The molecule has 0 unspecified atom stereocenters. The second-order valence-electron chi connectivity index (χ2n) is 26.5. The third-order valence-corrected chi connectivity index (χ3v) is 19.8. The van der Waals surface area contributed by atoms with Crippen LogP contribution in [0, 0.1) is 13.8 Å². The fraction of sp³-hybridized carbons (Fsp3) is 0.314. The number of nitrogens with zero attached hydrogens (tertiary/aromatic N) is 2. The molecule has 0 atom stereocenters. The van der Waals surface area contributed by atoms with Crippen LogP contribution in [0.2, 0.25) is 0 Å². The van der Waals surface area contributed by atoms with Gasteiger partial charge in [-0.15, -0.1) is 0 Å². The van der Waals surface area contributed by atoms with Crippen molar-refractivity contribution in [3.8, 4) is 0 Å². The molecular weight excluding hydrogens is 896 g/mol. The number of furan rings is 1. The first-order valence-electron chi connectivity index (χ1n) is 27.4. The third kappa shape index (κ3) is 5.81. The van der Waals surface area contributed by atoms with Crippen molar-refractivity contribution < 1.29 is 4.42 Å². The molecule has 0 fully saturated rings. The van der Waals surface area contributed by atoms with E-state index in [2.05, 4.69) is 246 Å². The summed E-state index contributed by atoms with van der Waals surface area (Å²) in [5.41, 5.74) is 29.4. The highest BCUT2D eigenvalue weighted by Crippen LogP contribution is 2.57. The molecule has 3 aliphatic carbocycles. The van der Waals surface area contributed by atoms with Crippen LogP contribution in [0.4, 0.5) is 34.1 Å². The van der Waals surface area contributed by atoms with E-state index in [1.54, 1.807) is 0 Å². The smallest absolute Gasteiger partial charge is 0.252 e. The summed E-state index contributed by atoms with van der Waals surface area (Å²) in [6.07, 6.45) is 2.34. The van der Waals surface area contributed by atoms with Crippen LogP contribution in [0.15, 0.2) is 144 Å². The molecule has 4 heteroatoms. The van der Waals surface area contributed by atoms with E-state index in [1.165, 1.54) is 118 Å². The SMILES string of the molecule is Cc1cc2c3c(c1)N(c1cccc4oc5ccccc5c14)c1cc4c(cc1B3c1cc3c(cc1N2c1cc2c(cc1C)C(C)(C)CCC2(C)C)C(C)(C)c1ccccc1C3(C)C)C(C)(C)c1ccccc1C4(C)C. The zero-order chi connectivity index (χ0) is 51.6. The lowest BCUT2D eigenvalue weighted by Crippen LogP contribution is -2.62. The Morgan fingerprint density at radius 2 is 0.797 bits per heavy atom. The van der Waals surface area contributed by atoms with Gasteiger partial charge in [-0.3, -0.25) is 0 Å². The van der Waals surface area contributed by atoms with Gasteiger partial charge in [0.25, 0.3) is 6.71 Å². The van der Waals surface area contributed by atoms with Crippen molar-refractivity contribution in [2.45, 2.75) is 142 Å². The number of anilines is 6. The van der Waals surface area contributed by atoms with Crippen LogP contribution < -0.4 is 26.2 Å². The Morgan fingerprint density at radius 1 is 0.378 bits per heavy atom. The molecule has 3 heterocycles. The minimum atomic E-state index is -0.246. The number of hydrogen-bond donors (Lipinski definition) is 0. The predicted octanol–water partition coefficient (Wildman–Crippen LogP) is 16.6. The van der Waals surface area contributed by atoms with E-state index < -0.39 is 0 Å². The van der Waals surface area contributed by atoms with Crippen molar-refractivity contribution in [2.24, 2.45) is 0 Å². The summed E-state index contributed by atoms with van der Waals surface area (Å²) in [6.45, 7) is 34.2. The zero-order valence-corrected chi connectivity index (χ0v) is 46.1. The molecule has 0 amide bonds. The normalized spacial score (nSPS) is 19.1. The first-order valence-corrected chi connectivity index (χ1v) is 27.4. The van der Waals surface area contributed by atoms with Crippen molar-refractivity contribution in [1.82, 2.24) is 0 Å². The number of benzene rings is 8. The van der Waals surface area contributed by atoms with Gasteiger partial charge in [0.2, 0.25) is 0 Å². The Morgan fingerprint density at radius 3 is 1.31 bits per heavy atom. The van der Waals surface area contributed by atoms with Crippen molar-refractivity contribution in [3.63, 3.8) is 0 Å². The average Bonchev–Trinajstić information content (AvgIpc) is 3.75. The van der Waals surface area contributed by atoms with Gasteiger partial charge < -0.3 is 14.2 Å². The minimum Gasteiger partial charge on any atom is -0.456 e. The van der Waals surface area contributed by atoms with Crippen LogP contribution in [0.25, 0.3) is 21.9 Å². The molecule has 368 valence electrons. The molecule has 1 aromatic heterocycles. The minimum absolute atomic E-state index is 0.0339. The van der Waals surface area contributed by atoms with E-state index in [4.69, 9.17) is 4.42 Å². The van der Waals surface area contributed by atoms with Gasteiger partial charge in [0.1, 0.15) is 11.2 Å². The van der Waals surface area contributed by atoms with Crippen molar-refractivity contribution in [2.75, 3.05) is 9.80 Å². The number of para-hydroxylation sites is 1. The molecule has 0 bridgehead atoms. The molecule has 5 aliphatic rings. The van der Waals surface area contributed by atoms with E-state index >= 15 is 0 Å². The van der Waals surface area contributed by atoms with Gasteiger partial charge >= 0.3 is 0 Å². The van der Waals surface area contributed by atoms with Gasteiger partial charge in [-0.1, -0.05) is 174 Å². The van der Waals surface area contributed by atoms with Gasteiger partial charge in [-0.2, -0.15) is 0 Å². The maximum absolute atomic E-state index is 6.74. The topological polar surface area (TPSA) is 19.6 Å². The van der Waals surface area contributed by atoms with Gasteiger partial charge in [-0.05, 0) is 169 Å². The highest BCUT2D eigenvalue weighted by molar-refractivity contribution is 7.00. The Hall–Kier alpha value is -6.78. The maximum Gasteiger partial charge on any atom is 0.252 e. The van der Waals surface area contributed by atoms with E-state index in [9.17, 15) is 0 Å². The second-order valence-corrected chi connectivity index (χ2v) is 26.5. The summed E-state index contributed by atoms with van der Waals surface area (Å²) in [7, 11) is 0. The first kappa shape index (κ1) is 45.8. The maximum atomic E-state index is 6.74. The third-order valence-electron chi connectivity index (χ3n) is 19.8. The van der Waals surface area contributed by atoms with Crippen LogP contribution in [-0.2, 0) is 32.5 Å². The molecule has 14 rings (SSSR count). The summed E-state index contributed by atoms with van der Waals surface area (Å²) in [6, 6.07) is 54.7. The molecule has 0 N–H and O–H groups in total. The van der Waals surface area contributed by atoms with Gasteiger partial charge in [0.15, 0.2) is 0 Å². The van der Waals surface area contributed by atoms with Crippen molar-refractivity contribution in [3.05, 3.63) is 206 Å². The standard InChI is InChI=1S/C70H69BN2O/c1-40-32-59-64-60(33-40)73(56-37-48-47(34-41(56)2)65(3,4)30-31-66(48,5)6)58-39-52-50(68(9,10)44-24-17-19-26-46(44)70(52,13)14)36-54(58)71(64)53-35-49-51(69(11,12)45-25-18-16-23-43(45)67(49,7)8)38-57(53)72(59)55-27-21-29-62-63(55)42-22-15-20-28-61(42)74-62/h15-29,32-39H,30-31H2,1-14H3. The van der Waals surface area contributed by atoms with Crippen molar-refractivity contribution in [1.29, 1.82) is 0 Å². The fourth-order valence-electron chi connectivity index (χ4n) is 15.4. The lowest BCUT2D eigenvalue weighted by atomic mass is 9.32. The van der Waals surface area contributed by atoms with Gasteiger partial charge in [0.05, 0.1) is 11.1 Å². The molecule has 3 nitrogen and oxygen atoms in total. The number of aryl methyl sites for hydroxylation is 2. The average molecular weight is 965 g/mol. The lowest BCUT2D eigenvalue weighted by molar-refractivity contribution is 0.332. The molecular formula is C70H69BN2O. The molecule has 0 spiro atoms. The second kappa shape index (κ2) is 14.5. The fourth-order valence-corrected chi connectivity index (χ4v) is 15.4. The highest BCUT2D eigenvalue weighted by atomic mass is 16.3. The Balaban J connectivity index is 1.15. The van der Waals surface area contributed by atoms with Crippen LogP contribution in [-0.4, -0.2) is 6.71 Å². The molecule has 0 saturated heterocycles. The van der Waals surface area contributed by atoms with Gasteiger partial charge in [-0.25, -0.2) is 0 Å².